The summed E-state index contributed by atoms with van der Waals surface area (Å²) in [7, 11) is 1.57. The molecule has 2 heterocycles. The average molecular weight is 367 g/mol. The molecule has 0 fully saturated rings. The molecular formula is C24H17NO3. The second-order valence-electron chi connectivity index (χ2n) is 6.60. The van der Waals surface area contributed by atoms with Gasteiger partial charge in [-0.25, -0.2) is 0 Å². The second-order valence-corrected chi connectivity index (χ2v) is 6.60. The van der Waals surface area contributed by atoms with Gasteiger partial charge in [0, 0.05) is 16.5 Å². The van der Waals surface area contributed by atoms with Gasteiger partial charge in [0.25, 0.3) is 0 Å². The molecule has 0 spiro atoms. The van der Waals surface area contributed by atoms with Crippen molar-refractivity contribution in [2.24, 2.45) is 0 Å². The maximum absolute atomic E-state index is 12.9. The molecule has 0 radical (unpaired) electrons. The monoisotopic (exact) mass is 367 g/mol. The van der Waals surface area contributed by atoms with Crippen molar-refractivity contribution in [3.8, 4) is 22.8 Å². The molecule has 0 bridgehead atoms. The van der Waals surface area contributed by atoms with Gasteiger partial charge in [-0.05, 0) is 29.8 Å². The van der Waals surface area contributed by atoms with Gasteiger partial charge < -0.3 is 14.5 Å². The molecule has 0 saturated heterocycles. The smallest absolute Gasteiger partial charge is 0.232 e. The van der Waals surface area contributed by atoms with E-state index in [1.165, 1.54) is 0 Å². The van der Waals surface area contributed by atoms with Crippen LogP contribution in [0.1, 0.15) is 15.9 Å². The summed E-state index contributed by atoms with van der Waals surface area (Å²) in [6.07, 6.45) is 1.82. The number of aromatic amines is 1. The van der Waals surface area contributed by atoms with Gasteiger partial charge in [0.05, 0.1) is 18.4 Å². The number of rotatable bonds is 3. The number of methoxy groups -OCH3 is 1. The van der Waals surface area contributed by atoms with Gasteiger partial charge in [0.15, 0.2) is 17.3 Å². The SMILES string of the molecule is COc1cccc2c1O/C(=C\c1c(-c3ccccc3)[nH]c3ccccc13)C2=O. The fourth-order valence-electron chi connectivity index (χ4n) is 3.62. The summed E-state index contributed by atoms with van der Waals surface area (Å²) in [5.74, 6) is 1.18. The minimum absolute atomic E-state index is 0.141. The van der Waals surface area contributed by atoms with Crippen molar-refractivity contribution in [2.45, 2.75) is 0 Å². The van der Waals surface area contributed by atoms with E-state index < -0.39 is 0 Å². The molecule has 4 aromatic rings. The summed E-state index contributed by atoms with van der Waals surface area (Å²) >= 11 is 0. The number of H-pyrrole nitrogens is 1. The lowest BCUT2D eigenvalue weighted by molar-refractivity contribution is 0.101. The average Bonchev–Trinajstić information content (AvgIpc) is 3.27. The topological polar surface area (TPSA) is 51.3 Å². The van der Waals surface area contributed by atoms with E-state index in [1.807, 2.05) is 60.7 Å². The van der Waals surface area contributed by atoms with Crippen LogP contribution in [-0.2, 0) is 0 Å². The van der Waals surface area contributed by atoms with Gasteiger partial charge in [0.1, 0.15) is 0 Å². The van der Waals surface area contributed by atoms with E-state index in [0.29, 0.717) is 22.8 Å². The van der Waals surface area contributed by atoms with Gasteiger partial charge in [-0.3, -0.25) is 4.79 Å². The number of para-hydroxylation sites is 2. The lowest BCUT2D eigenvalue weighted by Gasteiger charge is -2.05. The molecule has 4 nitrogen and oxygen atoms in total. The molecule has 3 aromatic carbocycles. The Kier molecular flexibility index (Phi) is 3.76. The maximum Gasteiger partial charge on any atom is 0.232 e. The van der Waals surface area contributed by atoms with Crippen molar-refractivity contribution in [1.82, 2.24) is 4.98 Å². The lowest BCUT2D eigenvalue weighted by atomic mass is 10.0. The lowest BCUT2D eigenvalue weighted by Crippen LogP contribution is -1.98. The van der Waals surface area contributed by atoms with Crippen molar-refractivity contribution >= 4 is 22.8 Å². The molecule has 1 aliphatic rings. The van der Waals surface area contributed by atoms with Crippen LogP contribution in [0.4, 0.5) is 0 Å². The first-order valence-corrected chi connectivity index (χ1v) is 9.03. The second kappa shape index (κ2) is 6.43. The predicted molar refractivity (Wildman–Crippen MR) is 110 cm³/mol. The Morgan fingerprint density at radius 3 is 2.54 bits per heavy atom. The number of ether oxygens (including phenoxy) is 2. The van der Waals surface area contributed by atoms with Gasteiger partial charge in [-0.1, -0.05) is 54.6 Å². The molecule has 1 N–H and O–H groups in total. The zero-order chi connectivity index (χ0) is 19.1. The Bertz CT molecular complexity index is 1240. The highest BCUT2D eigenvalue weighted by molar-refractivity contribution is 6.16. The number of hydrogen-bond acceptors (Lipinski definition) is 3. The fraction of sp³-hybridized carbons (Fsp3) is 0.0417. The molecule has 4 heteroatoms. The van der Waals surface area contributed by atoms with Gasteiger partial charge in [0.2, 0.25) is 5.78 Å². The van der Waals surface area contributed by atoms with Gasteiger partial charge in [-0.2, -0.15) is 0 Å². The highest BCUT2D eigenvalue weighted by atomic mass is 16.5. The molecule has 0 amide bonds. The first-order chi connectivity index (χ1) is 13.8. The van der Waals surface area contributed by atoms with E-state index in [2.05, 4.69) is 4.98 Å². The largest absolute Gasteiger partial charge is 0.493 e. The van der Waals surface area contributed by atoms with E-state index in [1.54, 1.807) is 25.3 Å². The Balaban J connectivity index is 1.69. The molecule has 1 aliphatic heterocycles. The van der Waals surface area contributed by atoms with Crippen LogP contribution in [0.25, 0.3) is 28.2 Å². The van der Waals surface area contributed by atoms with Crippen LogP contribution < -0.4 is 9.47 Å². The number of carbonyl (C=O) groups excluding carboxylic acids is 1. The third-order valence-corrected chi connectivity index (χ3v) is 4.96. The number of ketones is 1. The van der Waals surface area contributed by atoms with Crippen LogP contribution in [0.2, 0.25) is 0 Å². The maximum atomic E-state index is 12.9. The van der Waals surface area contributed by atoms with E-state index in [4.69, 9.17) is 9.47 Å². The molecule has 5 rings (SSSR count). The van der Waals surface area contributed by atoms with Crippen LogP contribution in [0, 0.1) is 0 Å². The Labute approximate surface area is 162 Å². The Morgan fingerprint density at radius 2 is 1.71 bits per heavy atom. The minimum atomic E-state index is -0.141. The normalized spacial score (nSPS) is 14.3. The summed E-state index contributed by atoms with van der Waals surface area (Å²) in [6, 6.07) is 23.4. The van der Waals surface area contributed by atoms with Crippen LogP contribution in [0.15, 0.2) is 78.6 Å². The number of nitrogens with one attached hydrogen (secondary N) is 1. The first-order valence-electron chi connectivity index (χ1n) is 9.03. The third-order valence-electron chi connectivity index (χ3n) is 4.96. The third kappa shape index (κ3) is 2.50. The van der Waals surface area contributed by atoms with E-state index >= 15 is 0 Å². The van der Waals surface area contributed by atoms with Crippen molar-refractivity contribution in [2.75, 3.05) is 7.11 Å². The number of benzene rings is 3. The fourth-order valence-corrected chi connectivity index (χ4v) is 3.62. The van der Waals surface area contributed by atoms with E-state index in [9.17, 15) is 4.79 Å². The Morgan fingerprint density at radius 1 is 0.929 bits per heavy atom. The van der Waals surface area contributed by atoms with Gasteiger partial charge >= 0.3 is 0 Å². The zero-order valence-corrected chi connectivity index (χ0v) is 15.2. The summed E-state index contributed by atoms with van der Waals surface area (Å²) in [6.45, 7) is 0. The Hall–Kier alpha value is -3.79. The highest BCUT2D eigenvalue weighted by Crippen LogP contribution is 2.41. The summed E-state index contributed by atoms with van der Waals surface area (Å²) in [5, 5.41) is 1.04. The van der Waals surface area contributed by atoms with Crippen LogP contribution in [0.5, 0.6) is 11.5 Å². The van der Waals surface area contributed by atoms with Gasteiger partial charge in [-0.15, -0.1) is 0 Å². The summed E-state index contributed by atoms with van der Waals surface area (Å²) in [4.78, 5) is 16.4. The number of Topliss-reactive ketones (excluding diaryl/α,β-unsaturated/α-hetero) is 1. The number of hydrogen-bond donors (Lipinski definition) is 1. The zero-order valence-electron chi connectivity index (χ0n) is 15.2. The number of aromatic nitrogens is 1. The van der Waals surface area contributed by atoms with Crippen molar-refractivity contribution in [3.63, 3.8) is 0 Å². The van der Waals surface area contributed by atoms with Crippen LogP contribution in [-0.4, -0.2) is 17.9 Å². The first kappa shape index (κ1) is 16.4. The molecule has 136 valence electrons. The quantitative estimate of drug-likeness (QED) is 0.489. The standard InChI is InChI=1S/C24H17NO3/c1-27-20-13-7-11-17-23(26)21(28-24(17)20)14-18-16-10-5-6-12-19(16)25-22(18)15-8-3-2-4-9-15/h2-14,25H,1H3/b21-14-. The van der Waals surface area contributed by atoms with Crippen molar-refractivity contribution in [1.29, 1.82) is 0 Å². The van der Waals surface area contributed by atoms with Crippen molar-refractivity contribution < 1.29 is 14.3 Å². The van der Waals surface area contributed by atoms with E-state index in [0.717, 1.165) is 27.7 Å². The number of fused-ring (bicyclic) bond motifs is 2. The van der Waals surface area contributed by atoms with Crippen LogP contribution >= 0.6 is 0 Å². The summed E-state index contributed by atoms with van der Waals surface area (Å²) < 4.78 is 11.3. The predicted octanol–water partition coefficient (Wildman–Crippen LogP) is 5.46. The molecule has 1 aromatic heterocycles. The van der Waals surface area contributed by atoms with E-state index in [-0.39, 0.29) is 5.78 Å². The molecule has 0 atom stereocenters. The van der Waals surface area contributed by atoms with Crippen molar-refractivity contribution in [3.05, 3.63) is 89.7 Å². The molecular weight excluding hydrogens is 350 g/mol. The molecule has 0 aliphatic carbocycles. The number of allylic oxidation sites excluding steroid dienone is 1. The molecule has 0 saturated carbocycles. The summed E-state index contributed by atoms with van der Waals surface area (Å²) in [5.41, 5.74) is 4.46. The minimum Gasteiger partial charge on any atom is -0.493 e. The molecule has 28 heavy (non-hydrogen) atoms. The highest BCUT2D eigenvalue weighted by Gasteiger charge is 2.30. The molecule has 0 unspecified atom stereocenters. The van der Waals surface area contributed by atoms with Crippen LogP contribution in [0.3, 0.4) is 0 Å². The number of carbonyl (C=O) groups is 1.